The number of sulfone groups is 1. The summed E-state index contributed by atoms with van der Waals surface area (Å²) in [4.78, 5) is -1.24. The number of nitrogens with zero attached hydrogens (tertiary/aromatic N) is 1. The molecule has 0 radical (unpaired) electrons. The van der Waals surface area contributed by atoms with Crippen LogP contribution in [-0.2, 0) is 16.0 Å². The summed E-state index contributed by atoms with van der Waals surface area (Å²) < 4.78 is 62.8. The number of anilines is 1. The predicted octanol–water partition coefficient (Wildman–Crippen LogP) is 3.84. The minimum atomic E-state index is -4.61. The minimum Gasteiger partial charge on any atom is -0.493 e. The molecule has 0 aromatic heterocycles. The molecule has 2 N–H and O–H groups in total. The molecule has 25 heavy (non-hydrogen) atoms. The van der Waals surface area contributed by atoms with E-state index < -0.39 is 32.4 Å². The third kappa shape index (κ3) is 4.10. The molecule has 0 saturated heterocycles. The number of allylic oxidation sites excluding steroid dienone is 1. The molecule has 5 nitrogen and oxygen atoms in total. The summed E-state index contributed by atoms with van der Waals surface area (Å²) in [5, 5.41) is 21.1. The molecule has 0 aliphatic carbocycles. The molecule has 9 heteroatoms. The van der Waals surface area contributed by atoms with E-state index in [0.717, 1.165) is 12.1 Å². The number of alkyl halides is 3. The van der Waals surface area contributed by atoms with E-state index in [0.29, 0.717) is 6.07 Å². The average Bonchev–Trinajstić information content (AvgIpc) is 2.55. The molecule has 2 rings (SSSR count). The molecular formula is C16H11F3N2O3S. The van der Waals surface area contributed by atoms with Crippen molar-refractivity contribution >= 4 is 15.5 Å². The third-order valence-corrected chi connectivity index (χ3v) is 4.81. The molecule has 0 heterocycles. The van der Waals surface area contributed by atoms with Crippen LogP contribution >= 0.6 is 0 Å². The van der Waals surface area contributed by atoms with Gasteiger partial charge in [-0.05, 0) is 30.3 Å². The number of hydrogen-bond acceptors (Lipinski definition) is 5. The summed E-state index contributed by atoms with van der Waals surface area (Å²) in [6.45, 7) is 0. The van der Waals surface area contributed by atoms with Gasteiger partial charge in [-0.25, -0.2) is 8.42 Å². The number of halogens is 3. The smallest absolute Gasteiger partial charge is 0.416 e. The van der Waals surface area contributed by atoms with Gasteiger partial charge in [0.15, 0.2) is 0 Å². The van der Waals surface area contributed by atoms with Crippen LogP contribution in [0.1, 0.15) is 5.56 Å². The number of rotatable bonds is 4. The molecule has 0 amide bonds. The van der Waals surface area contributed by atoms with E-state index in [1.807, 2.05) is 0 Å². The Kier molecular flexibility index (Phi) is 5.04. The molecule has 0 spiro atoms. The normalized spacial score (nSPS) is 12.9. The van der Waals surface area contributed by atoms with Gasteiger partial charge < -0.3 is 10.4 Å². The molecule has 2 aromatic carbocycles. The fourth-order valence-corrected chi connectivity index (χ4v) is 3.10. The summed E-state index contributed by atoms with van der Waals surface area (Å²) in [5.74, 6) is -1.06. The largest absolute Gasteiger partial charge is 0.493 e. The zero-order chi connectivity index (χ0) is 18.7. The van der Waals surface area contributed by atoms with Gasteiger partial charge in [-0.3, -0.25) is 0 Å². The van der Waals surface area contributed by atoms with E-state index in [2.05, 4.69) is 5.32 Å². The van der Waals surface area contributed by atoms with Crippen LogP contribution in [0.25, 0.3) is 0 Å². The van der Waals surface area contributed by atoms with E-state index >= 15 is 0 Å². The summed E-state index contributed by atoms with van der Waals surface area (Å²) in [6.07, 6.45) is -4.61. The highest BCUT2D eigenvalue weighted by Gasteiger charge is 2.31. The molecule has 2 aromatic rings. The molecule has 130 valence electrons. The Morgan fingerprint density at radius 2 is 1.72 bits per heavy atom. The van der Waals surface area contributed by atoms with Gasteiger partial charge in [-0.1, -0.05) is 24.3 Å². The molecular weight excluding hydrogens is 357 g/mol. The van der Waals surface area contributed by atoms with Gasteiger partial charge in [0.05, 0.1) is 10.5 Å². The summed E-state index contributed by atoms with van der Waals surface area (Å²) in [6, 6.07) is 12.0. The van der Waals surface area contributed by atoms with Crippen molar-refractivity contribution in [1.82, 2.24) is 0 Å². The Morgan fingerprint density at radius 1 is 1.08 bits per heavy atom. The summed E-state index contributed by atoms with van der Waals surface area (Å²) in [7, 11) is -4.33. The second kappa shape index (κ2) is 6.86. The van der Waals surface area contributed by atoms with Crippen LogP contribution in [-0.4, -0.2) is 13.5 Å². The Bertz CT molecular complexity index is 947. The van der Waals surface area contributed by atoms with Crippen molar-refractivity contribution in [2.24, 2.45) is 0 Å². The molecule has 0 bridgehead atoms. The van der Waals surface area contributed by atoms with Crippen LogP contribution in [0.2, 0.25) is 0 Å². The zero-order valence-electron chi connectivity index (χ0n) is 12.4. The van der Waals surface area contributed by atoms with Crippen molar-refractivity contribution in [2.45, 2.75) is 11.1 Å². The quantitative estimate of drug-likeness (QED) is 0.632. The Morgan fingerprint density at radius 3 is 2.28 bits per heavy atom. The Labute approximate surface area is 141 Å². The first-order chi connectivity index (χ1) is 11.7. The molecule has 0 atom stereocenters. The number of hydrogen-bond donors (Lipinski definition) is 2. The molecule has 0 unspecified atom stereocenters. The van der Waals surface area contributed by atoms with Gasteiger partial charge in [-0.15, -0.1) is 0 Å². The number of benzene rings is 2. The standard InChI is InChI=1S/C16H11F3N2O3S/c17-16(18,19)11-5-4-6-12(9-11)21-15(22)14(10-20)25(23,24)13-7-2-1-3-8-13/h1-9,21-22H. The van der Waals surface area contributed by atoms with Crippen molar-refractivity contribution < 1.29 is 26.7 Å². The number of aliphatic hydroxyl groups is 1. The topological polar surface area (TPSA) is 90.2 Å². The summed E-state index contributed by atoms with van der Waals surface area (Å²) >= 11 is 0. The number of aliphatic hydroxyl groups excluding tert-OH is 1. The van der Waals surface area contributed by atoms with Crippen LogP contribution in [0.5, 0.6) is 0 Å². The molecule has 0 saturated carbocycles. The van der Waals surface area contributed by atoms with Crippen molar-refractivity contribution in [1.29, 1.82) is 5.26 Å². The van der Waals surface area contributed by atoms with Crippen LogP contribution < -0.4 is 5.32 Å². The van der Waals surface area contributed by atoms with Crippen molar-refractivity contribution in [3.05, 3.63) is 70.9 Å². The fourth-order valence-electron chi connectivity index (χ4n) is 1.92. The van der Waals surface area contributed by atoms with Crippen LogP contribution in [0, 0.1) is 11.3 Å². The first-order valence-corrected chi connectivity index (χ1v) is 8.22. The fraction of sp³-hybridized carbons (Fsp3) is 0.0625. The van der Waals surface area contributed by atoms with E-state index in [9.17, 15) is 26.7 Å². The van der Waals surface area contributed by atoms with Gasteiger partial charge in [-0.2, -0.15) is 18.4 Å². The number of nitrogens with one attached hydrogen (secondary N) is 1. The lowest BCUT2D eigenvalue weighted by molar-refractivity contribution is -0.137. The molecule has 0 aliphatic heterocycles. The maximum Gasteiger partial charge on any atom is 0.416 e. The highest BCUT2D eigenvalue weighted by atomic mass is 32.2. The Balaban J connectivity index is 2.43. The van der Waals surface area contributed by atoms with Gasteiger partial charge in [0.2, 0.25) is 20.6 Å². The molecule has 0 aliphatic rings. The summed E-state index contributed by atoms with van der Waals surface area (Å²) in [5.41, 5.74) is -1.21. The predicted molar refractivity (Wildman–Crippen MR) is 84.0 cm³/mol. The zero-order valence-corrected chi connectivity index (χ0v) is 13.3. The maximum absolute atomic E-state index is 12.7. The second-order valence-electron chi connectivity index (χ2n) is 4.81. The lowest BCUT2D eigenvalue weighted by Crippen LogP contribution is -2.12. The number of nitriles is 1. The minimum absolute atomic E-state index is 0.219. The third-order valence-electron chi connectivity index (χ3n) is 3.09. The van der Waals surface area contributed by atoms with E-state index in [-0.39, 0.29) is 10.6 Å². The van der Waals surface area contributed by atoms with Gasteiger partial charge in [0.1, 0.15) is 6.07 Å². The monoisotopic (exact) mass is 368 g/mol. The van der Waals surface area contributed by atoms with Gasteiger partial charge >= 0.3 is 6.18 Å². The highest BCUT2D eigenvalue weighted by Crippen LogP contribution is 2.31. The van der Waals surface area contributed by atoms with E-state index in [1.165, 1.54) is 36.4 Å². The van der Waals surface area contributed by atoms with Crippen molar-refractivity contribution in [3.63, 3.8) is 0 Å². The van der Waals surface area contributed by atoms with Crippen LogP contribution in [0.15, 0.2) is 70.3 Å². The van der Waals surface area contributed by atoms with E-state index in [4.69, 9.17) is 5.26 Å². The Hall–Kier alpha value is -2.99. The highest BCUT2D eigenvalue weighted by molar-refractivity contribution is 7.95. The van der Waals surface area contributed by atoms with Gasteiger partial charge in [0, 0.05) is 5.69 Å². The SMILES string of the molecule is N#CC(=C(O)Nc1cccc(C(F)(F)F)c1)S(=O)(=O)c1ccccc1. The maximum atomic E-state index is 12.7. The van der Waals surface area contributed by atoms with Crippen LogP contribution in [0.3, 0.4) is 0 Å². The lowest BCUT2D eigenvalue weighted by Gasteiger charge is -2.11. The molecule has 0 fully saturated rings. The van der Waals surface area contributed by atoms with Crippen LogP contribution in [0.4, 0.5) is 18.9 Å². The average molecular weight is 368 g/mol. The van der Waals surface area contributed by atoms with E-state index in [1.54, 1.807) is 6.07 Å². The lowest BCUT2D eigenvalue weighted by atomic mass is 10.2. The van der Waals surface area contributed by atoms with Gasteiger partial charge in [0.25, 0.3) is 0 Å². The van der Waals surface area contributed by atoms with Crippen molar-refractivity contribution in [2.75, 3.05) is 5.32 Å². The van der Waals surface area contributed by atoms with Crippen molar-refractivity contribution in [3.8, 4) is 6.07 Å². The first kappa shape index (κ1) is 18.4. The second-order valence-corrected chi connectivity index (χ2v) is 6.70. The first-order valence-electron chi connectivity index (χ1n) is 6.74.